The van der Waals surface area contributed by atoms with E-state index in [9.17, 15) is 9.18 Å². The van der Waals surface area contributed by atoms with Gasteiger partial charge in [0.1, 0.15) is 11.5 Å². The standard InChI is InChI=1S/C28H31FN6O/c1-27(2,29)24-14-20(10-11-30-24)34-23-15-25(31-16-21(23)26(36)35(34)19-6-7-19)33-18-5-8-22-17(13-18)9-12-32-28(22,3)4/h5,8,10-11,13-16,19,32H,6-7,9,12H2,1-4H3,(H,31,33). The molecule has 0 spiro atoms. The number of benzene rings is 1. The summed E-state index contributed by atoms with van der Waals surface area (Å²) in [5, 5.41) is 7.54. The second-order valence-corrected chi connectivity index (χ2v) is 10.9. The molecule has 3 aromatic heterocycles. The van der Waals surface area contributed by atoms with Crippen LogP contribution in [0.25, 0.3) is 16.6 Å². The minimum atomic E-state index is -1.59. The quantitative estimate of drug-likeness (QED) is 0.403. The van der Waals surface area contributed by atoms with Gasteiger partial charge in [0, 0.05) is 29.7 Å². The number of nitrogens with one attached hydrogen (secondary N) is 2. The van der Waals surface area contributed by atoms with Crippen molar-refractivity contribution in [3.63, 3.8) is 0 Å². The zero-order valence-electron chi connectivity index (χ0n) is 21.1. The average molecular weight is 487 g/mol. The Kier molecular flexibility index (Phi) is 5.09. The molecule has 186 valence electrons. The number of alkyl halides is 1. The van der Waals surface area contributed by atoms with E-state index in [1.165, 1.54) is 25.0 Å². The second-order valence-electron chi connectivity index (χ2n) is 10.9. The highest BCUT2D eigenvalue weighted by molar-refractivity contribution is 5.83. The lowest BCUT2D eigenvalue weighted by Gasteiger charge is -2.34. The van der Waals surface area contributed by atoms with E-state index in [1.807, 2.05) is 16.8 Å². The number of anilines is 2. The molecule has 2 aliphatic rings. The summed E-state index contributed by atoms with van der Waals surface area (Å²) in [5.74, 6) is 0.650. The van der Waals surface area contributed by atoms with Crippen LogP contribution in [0.5, 0.6) is 0 Å². The molecular weight excluding hydrogens is 455 g/mol. The fraction of sp³-hybridized carbons (Fsp3) is 0.393. The summed E-state index contributed by atoms with van der Waals surface area (Å²) in [6, 6.07) is 12.0. The monoisotopic (exact) mass is 486 g/mol. The lowest BCUT2D eigenvalue weighted by atomic mass is 9.85. The van der Waals surface area contributed by atoms with Gasteiger partial charge >= 0.3 is 0 Å². The summed E-state index contributed by atoms with van der Waals surface area (Å²) < 4.78 is 18.4. The first-order chi connectivity index (χ1) is 17.1. The van der Waals surface area contributed by atoms with Gasteiger partial charge < -0.3 is 10.6 Å². The largest absolute Gasteiger partial charge is 0.340 e. The number of hydrogen-bond acceptors (Lipinski definition) is 5. The van der Waals surface area contributed by atoms with Crippen LogP contribution in [0.2, 0.25) is 0 Å². The Balaban J connectivity index is 1.45. The molecule has 0 unspecified atom stereocenters. The minimum absolute atomic E-state index is 0.0529. The third kappa shape index (κ3) is 3.89. The molecule has 7 nitrogen and oxygen atoms in total. The molecule has 6 rings (SSSR count). The van der Waals surface area contributed by atoms with E-state index in [2.05, 4.69) is 52.6 Å². The van der Waals surface area contributed by atoms with Crippen LogP contribution in [0, 0.1) is 0 Å². The topological polar surface area (TPSA) is 76.8 Å². The average Bonchev–Trinajstić information content (AvgIpc) is 3.62. The van der Waals surface area contributed by atoms with Crippen LogP contribution in [0.4, 0.5) is 15.9 Å². The van der Waals surface area contributed by atoms with Gasteiger partial charge in [0.15, 0.2) is 0 Å². The summed E-state index contributed by atoms with van der Waals surface area (Å²) in [4.78, 5) is 22.2. The Morgan fingerprint density at radius 2 is 1.94 bits per heavy atom. The van der Waals surface area contributed by atoms with Gasteiger partial charge in [-0.3, -0.25) is 9.78 Å². The van der Waals surface area contributed by atoms with E-state index in [4.69, 9.17) is 0 Å². The number of halogens is 1. The van der Waals surface area contributed by atoms with Crippen LogP contribution in [-0.4, -0.2) is 25.9 Å². The van der Waals surface area contributed by atoms with Crippen molar-refractivity contribution < 1.29 is 4.39 Å². The Morgan fingerprint density at radius 3 is 2.69 bits per heavy atom. The summed E-state index contributed by atoms with van der Waals surface area (Å²) in [7, 11) is 0. The minimum Gasteiger partial charge on any atom is -0.340 e. The van der Waals surface area contributed by atoms with Crippen molar-refractivity contribution in [2.75, 3.05) is 11.9 Å². The molecule has 2 N–H and O–H groups in total. The Labute approximate surface area is 209 Å². The van der Waals surface area contributed by atoms with Crippen LogP contribution >= 0.6 is 0 Å². The molecule has 0 bridgehead atoms. The van der Waals surface area contributed by atoms with E-state index in [0.717, 1.165) is 37.0 Å². The molecule has 8 heteroatoms. The highest BCUT2D eigenvalue weighted by Gasteiger charge is 2.31. The summed E-state index contributed by atoms with van der Waals surface area (Å²) in [6.45, 7) is 8.32. The molecule has 0 saturated heterocycles. The van der Waals surface area contributed by atoms with Crippen LogP contribution in [0.15, 0.2) is 53.6 Å². The highest BCUT2D eigenvalue weighted by atomic mass is 19.1. The number of pyridine rings is 2. The predicted octanol–water partition coefficient (Wildman–Crippen LogP) is 5.25. The van der Waals surface area contributed by atoms with Gasteiger partial charge in [-0.25, -0.2) is 18.7 Å². The first-order valence-corrected chi connectivity index (χ1v) is 12.6. The first-order valence-electron chi connectivity index (χ1n) is 12.6. The molecule has 36 heavy (non-hydrogen) atoms. The van der Waals surface area contributed by atoms with Crippen LogP contribution in [0.3, 0.4) is 0 Å². The van der Waals surface area contributed by atoms with Gasteiger partial charge in [0.05, 0.1) is 28.3 Å². The van der Waals surface area contributed by atoms with Crippen LogP contribution in [0.1, 0.15) is 63.4 Å². The van der Waals surface area contributed by atoms with Crippen molar-refractivity contribution >= 4 is 22.4 Å². The van der Waals surface area contributed by atoms with E-state index in [1.54, 1.807) is 23.1 Å². The SMILES string of the molecule is CC(C)(F)c1cc(-n2c3cc(Nc4ccc5c(c4)CCNC5(C)C)ncc3c(=O)n2C2CC2)ccn1. The van der Waals surface area contributed by atoms with Gasteiger partial charge in [-0.15, -0.1) is 0 Å². The molecule has 0 atom stereocenters. The van der Waals surface area contributed by atoms with E-state index < -0.39 is 5.67 Å². The summed E-state index contributed by atoms with van der Waals surface area (Å²) >= 11 is 0. The van der Waals surface area contributed by atoms with Crippen molar-refractivity contribution in [2.24, 2.45) is 0 Å². The Morgan fingerprint density at radius 1 is 1.14 bits per heavy atom. The number of rotatable bonds is 5. The number of hydrogen-bond donors (Lipinski definition) is 2. The van der Waals surface area contributed by atoms with E-state index in [0.29, 0.717) is 22.6 Å². The first kappa shape index (κ1) is 22.9. The molecule has 0 amide bonds. The molecule has 1 aromatic carbocycles. The predicted molar refractivity (Wildman–Crippen MR) is 140 cm³/mol. The number of aromatic nitrogens is 4. The molecule has 1 fully saturated rings. The fourth-order valence-electron chi connectivity index (χ4n) is 5.21. The fourth-order valence-corrected chi connectivity index (χ4v) is 5.21. The van der Waals surface area contributed by atoms with Gasteiger partial charge in [0.2, 0.25) is 0 Å². The third-order valence-corrected chi connectivity index (χ3v) is 7.27. The van der Waals surface area contributed by atoms with Gasteiger partial charge in [-0.05, 0) is 88.9 Å². The van der Waals surface area contributed by atoms with Gasteiger partial charge in [-0.1, -0.05) is 6.07 Å². The molecule has 1 aliphatic heterocycles. The maximum absolute atomic E-state index is 14.7. The molecule has 4 aromatic rings. The summed E-state index contributed by atoms with van der Waals surface area (Å²) in [5.41, 5.74) is 3.65. The van der Waals surface area contributed by atoms with Crippen LogP contribution in [-0.2, 0) is 17.6 Å². The smallest absolute Gasteiger partial charge is 0.276 e. The maximum Gasteiger partial charge on any atom is 0.276 e. The van der Waals surface area contributed by atoms with Crippen molar-refractivity contribution in [1.29, 1.82) is 0 Å². The lowest BCUT2D eigenvalue weighted by molar-refractivity contribution is 0.214. The molecule has 0 radical (unpaired) electrons. The van der Waals surface area contributed by atoms with Crippen molar-refractivity contribution in [1.82, 2.24) is 24.6 Å². The summed E-state index contributed by atoms with van der Waals surface area (Å²) in [6.07, 6.45) is 6.11. The zero-order chi connectivity index (χ0) is 25.2. The Hall–Kier alpha value is -3.52. The van der Waals surface area contributed by atoms with Gasteiger partial charge in [0.25, 0.3) is 5.56 Å². The third-order valence-electron chi connectivity index (χ3n) is 7.27. The normalized spacial score (nSPS) is 17.2. The number of fused-ring (bicyclic) bond motifs is 2. The highest BCUT2D eigenvalue weighted by Crippen LogP contribution is 2.37. The Bertz CT molecular complexity index is 1540. The van der Waals surface area contributed by atoms with Crippen molar-refractivity contribution in [2.45, 2.75) is 64.2 Å². The van der Waals surface area contributed by atoms with Gasteiger partial charge in [-0.2, -0.15) is 0 Å². The molecule has 1 saturated carbocycles. The van der Waals surface area contributed by atoms with E-state index in [-0.39, 0.29) is 17.1 Å². The molecule has 4 heterocycles. The van der Waals surface area contributed by atoms with E-state index >= 15 is 0 Å². The molecular formula is C28H31FN6O. The lowest BCUT2D eigenvalue weighted by Crippen LogP contribution is -2.42. The van der Waals surface area contributed by atoms with Crippen molar-refractivity contribution in [3.8, 4) is 5.69 Å². The second kappa shape index (κ2) is 8.00. The maximum atomic E-state index is 14.7. The van der Waals surface area contributed by atoms with Crippen LogP contribution < -0.4 is 16.2 Å². The number of nitrogens with zero attached hydrogens (tertiary/aromatic N) is 4. The zero-order valence-corrected chi connectivity index (χ0v) is 21.1. The van der Waals surface area contributed by atoms with Crippen molar-refractivity contribution in [3.05, 3.63) is 76.0 Å². The molecule has 1 aliphatic carbocycles.